The van der Waals surface area contributed by atoms with Crippen molar-refractivity contribution in [2.24, 2.45) is 5.10 Å². The van der Waals surface area contributed by atoms with Crippen molar-refractivity contribution < 1.29 is 9.53 Å². The first-order valence-electron chi connectivity index (χ1n) is 9.67. The van der Waals surface area contributed by atoms with Crippen molar-refractivity contribution >= 4 is 11.6 Å². The molecule has 3 rings (SSSR count). The molecule has 2 aromatic rings. The number of hydrogen-bond acceptors (Lipinski definition) is 3. The first kappa shape index (κ1) is 19.9. The van der Waals surface area contributed by atoms with Crippen LogP contribution in [-0.4, -0.2) is 11.6 Å². The molecule has 0 fully saturated rings. The van der Waals surface area contributed by atoms with Gasteiger partial charge >= 0.3 is 0 Å². The van der Waals surface area contributed by atoms with E-state index in [-0.39, 0.29) is 11.3 Å². The molecule has 0 aromatic heterocycles. The van der Waals surface area contributed by atoms with Crippen molar-refractivity contribution in [1.82, 2.24) is 5.43 Å². The number of amides is 1. The molecule has 2 aromatic carbocycles. The number of hydrogen-bond donors (Lipinski definition) is 1. The van der Waals surface area contributed by atoms with Crippen LogP contribution in [0.3, 0.4) is 0 Å². The number of nitrogens with one attached hydrogen (secondary N) is 1. The van der Waals surface area contributed by atoms with Crippen molar-refractivity contribution in [3.8, 4) is 5.75 Å². The number of allylic oxidation sites excluding steroid dienone is 2. The summed E-state index contributed by atoms with van der Waals surface area (Å²) in [5.74, 6) is 0.640. The molecule has 0 aliphatic heterocycles. The smallest absolute Gasteiger partial charge is 0.271 e. The lowest BCUT2D eigenvalue weighted by atomic mass is 9.87. The van der Waals surface area contributed by atoms with Crippen molar-refractivity contribution in [2.75, 3.05) is 0 Å². The van der Waals surface area contributed by atoms with Gasteiger partial charge in [-0.05, 0) is 66.6 Å². The Morgan fingerprint density at radius 1 is 1.04 bits per heavy atom. The van der Waals surface area contributed by atoms with E-state index in [4.69, 9.17) is 4.74 Å². The number of carbonyl (C=O) groups is 1. The van der Waals surface area contributed by atoms with E-state index in [1.54, 1.807) is 12.1 Å². The zero-order chi connectivity index (χ0) is 20.1. The van der Waals surface area contributed by atoms with Gasteiger partial charge in [0, 0.05) is 5.56 Å². The van der Waals surface area contributed by atoms with Gasteiger partial charge in [-0.1, -0.05) is 50.6 Å². The Morgan fingerprint density at radius 2 is 1.71 bits per heavy atom. The fourth-order valence-electron chi connectivity index (χ4n) is 3.00. The second-order valence-electron chi connectivity index (χ2n) is 8.29. The summed E-state index contributed by atoms with van der Waals surface area (Å²) >= 11 is 0. The van der Waals surface area contributed by atoms with Crippen molar-refractivity contribution in [3.05, 3.63) is 76.9 Å². The maximum Gasteiger partial charge on any atom is 0.271 e. The van der Waals surface area contributed by atoms with Gasteiger partial charge in [-0.2, -0.15) is 5.10 Å². The van der Waals surface area contributed by atoms with Crippen molar-refractivity contribution in [2.45, 2.75) is 52.6 Å². The topological polar surface area (TPSA) is 50.7 Å². The Morgan fingerprint density at radius 3 is 2.29 bits per heavy atom. The van der Waals surface area contributed by atoms with Gasteiger partial charge in [-0.25, -0.2) is 5.43 Å². The molecule has 0 unspecified atom stereocenters. The molecule has 1 N–H and O–H groups in total. The highest BCUT2D eigenvalue weighted by Crippen LogP contribution is 2.24. The third-order valence-electron chi connectivity index (χ3n) is 4.83. The normalized spacial score (nSPS) is 15.4. The first-order chi connectivity index (χ1) is 13.3. The third-order valence-corrected chi connectivity index (χ3v) is 4.83. The SMILES string of the molecule is CC1=C/C(=N/NC(=O)c2ccc(COc3ccc(C(C)(C)C)cc3)cc2)CC1. The summed E-state index contributed by atoms with van der Waals surface area (Å²) in [6.45, 7) is 9.11. The van der Waals surface area contributed by atoms with E-state index in [0.29, 0.717) is 12.2 Å². The molecule has 1 aliphatic carbocycles. The number of ether oxygens (including phenoxy) is 1. The van der Waals surface area contributed by atoms with Gasteiger partial charge in [0.05, 0.1) is 5.71 Å². The van der Waals surface area contributed by atoms with Crippen LogP contribution >= 0.6 is 0 Å². The molecule has 4 heteroatoms. The molecule has 146 valence electrons. The second kappa shape index (κ2) is 8.42. The van der Waals surface area contributed by atoms with E-state index in [9.17, 15) is 4.79 Å². The van der Waals surface area contributed by atoms with Gasteiger partial charge in [-0.15, -0.1) is 0 Å². The molecule has 28 heavy (non-hydrogen) atoms. The van der Waals surface area contributed by atoms with Crippen LogP contribution in [0.15, 0.2) is 65.3 Å². The highest BCUT2D eigenvalue weighted by atomic mass is 16.5. The predicted molar refractivity (Wildman–Crippen MR) is 114 cm³/mol. The minimum atomic E-state index is -0.198. The highest BCUT2D eigenvalue weighted by molar-refractivity contribution is 6.00. The van der Waals surface area contributed by atoms with E-state index in [0.717, 1.165) is 29.9 Å². The van der Waals surface area contributed by atoms with Crippen molar-refractivity contribution in [1.29, 1.82) is 0 Å². The largest absolute Gasteiger partial charge is 0.489 e. The van der Waals surface area contributed by atoms with Crippen LogP contribution in [0.2, 0.25) is 0 Å². The van der Waals surface area contributed by atoms with E-state index in [1.165, 1.54) is 11.1 Å². The predicted octanol–water partition coefficient (Wildman–Crippen LogP) is 5.39. The van der Waals surface area contributed by atoms with Gasteiger partial charge in [-0.3, -0.25) is 4.79 Å². The lowest BCUT2D eigenvalue weighted by Crippen LogP contribution is -2.18. The maximum atomic E-state index is 12.2. The summed E-state index contributed by atoms with van der Waals surface area (Å²) in [6, 6.07) is 15.6. The quantitative estimate of drug-likeness (QED) is 0.711. The Labute approximate surface area is 167 Å². The Kier molecular flexibility index (Phi) is 5.98. The molecule has 0 saturated carbocycles. The summed E-state index contributed by atoms with van der Waals surface area (Å²) in [5, 5.41) is 4.19. The molecule has 0 spiro atoms. The Bertz CT molecular complexity index is 886. The van der Waals surface area contributed by atoms with Crippen LogP contribution in [0, 0.1) is 0 Å². The van der Waals surface area contributed by atoms with Crippen molar-refractivity contribution in [3.63, 3.8) is 0 Å². The molecular formula is C24H28N2O2. The molecule has 0 radical (unpaired) electrons. The van der Waals surface area contributed by atoms with Crippen LogP contribution in [0.25, 0.3) is 0 Å². The standard InChI is InChI=1S/C24H28N2O2/c1-17-5-12-21(15-17)25-26-23(27)19-8-6-18(7-9-19)16-28-22-13-10-20(11-14-22)24(2,3)4/h6-11,13-15H,5,12,16H2,1-4H3,(H,26,27)/b25-21+. The summed E-state index contributed by atoms with van der Waals surface area (Å²) < 4.78 is 5.86. The molecule has 1 aliphatic rings. The van der Waals surface area contributed by atoms with E-state index in [2.05, 4.69) is 50.4 Å². The van der Waals surface area contributed by atoms with Crippen LogP contribution < -0.4 is 10.2 Å². The van der Waals surface area contributed by atoms with E-state index >= 15 is 0 Å². The van der Waals surface area contributed by atoms with Gasteiger partial charge in [0.15, 0.2) is 0 Å². The zero-order valence-corrected chi connectivity index (χ0v) is 17.1. The van der Waals surface area contributed by atoms with Crippen LogP contribution in [0.4, 0.5) is 0 Å². The lowest BCUT2D eigenvalue weighted by Gasteiger charge is -2.19. The average Bonchev–Trinajstić information content (AvgIpc) is 3.10. The number of hydrazone groups is 1. The third kappa shape index (κ3) is 5.32. The average molecular weight is 377 g/mol. The number of carbonyl (C=O) groups excluding carboxylic acids is 1. The van der Waals surface area contributed by atoms with Gasteiger partial charge in [0.1, 0.15) is 12.4 Å². The lowest BCUT2D eigenvalue weighted by molar-refractivity contribution is 0.0954. The van der Waals surface area contributed by atoms with E-state index in [1.807, 2.05) is 30.3 Å². The highest BCUT2D eigenvalue weighted by Gasteiger charge is 2.13. The minimum Gasteiger partial charge on any atom is -0.489 e. The van der Waals surface area contributed by atoms with Gasteiger partial charge in [0.2, 0.25) is 0 Å². The summed E-state index contributed by atoms with van der Waals surface area (Å²) in [6.07, 6.45) is 3.93. The molecule has 0 bridgehead atoms. The van der Waals surface area contributed by atoms with Crippen LogP contribution in [0.5, 0.6) is 5.75 Å². The molecule has 1 amide bonds. The maximum absolute atomic E-state index is 12.2. The monoisotopic (exact) mass is 376 g/mol. The zero-order valence-electron chi connectivity index (χ0n) is 17.1. The van der Waals surface area contributed by atoms with Crippen LogP contribution in [-0.2, 0) is 12.0 Å². The Hall–Kier alpha value is -2.88. The second-order valence-corrected chi connectivity index (χ2v) is 8.29. The minimum absolute atomic E-state index is 0.132. The van der Waals surface area contributed by atoms with Gasteiger partial charge < -0.3 is 4.74 Å². The molecule has 0 heterocycles. The summed E-state index contributed by atoms with van der Waals surface area (Å²) in [4.78, 5) is 12.2. The number of nitrogens with zero attached hydrogens (tertiary/aromatic N) is 1. The summed E-state index contributed by atoms with van der Waals surface area (Å²) in [5.41, 5.74) is 7.86. The summed E-state index contributed by atoms with van der Waals surface area (Å²) in [7, 11) is 0. The fourth-order valence-corrected chi connectivity index (χ4v) is 3.00. The molecule has 4 nitrogen and oxygen atoms in total. The molecular weight excluding hydrogens is 348 g/mol. The number of benzene rings is 2. The fraction of sp³-hybridized carbons (Fsp3) is 0.333. The number of rotatable bonds is 5. The van der Waals surface area contributed by atoms with Crippen LogP contribution in [0.1, 0.15) is 62.0 Å². The molecule has 0 atom stereocenters. The van der Waals surface area contributed by atoms with Gasteiger partial charge in [0.25, 0.3) is 5.91 Å². The Balaban J connectivity index is 1.53. The van der Waals surface area contributed by atoms with E-state index < -0.39 is 0 Å². The first-order valence-corrected chi connectivity index (χ1v) is 9.67. The molecule has 0 saturated heterocycles.